The number of nitrogens with one attached hydrogen (secondary N) is 2. The fourth-order valence-corrected chi connectivity index (χ4v) is 3.75. The molecule has 2 aromatic heterocycles. The fraction of sp³-hybridized carbons (Fsp3) is 0.261. The summed E-state index contributed by atoms with van der Waals surface area (Å²) < 4.78 is 12.4. The van der Waals surface area contributed by atoms with E-state index in [1.54, 1.807) is 10.9 Å². The van der Waals surface area contributed by atoms with Gasteiger partial charge in [-0.05, 0) is 30.3 Å². The van der Waals surface area contributed by atoms with Crippen molar-refractivity contribution in [3.8, 4) is 11.4 Å². The molecule has 0 spiro atoms. The quantitative estimate of drug-likeness (QED) is 0.486. The number of carbonyl (C=O) groups excluding carboxylic acids is 1. The van der Waals surface area contributed by atoms with Crippen molar-refractivity contribution in [2.45, 2.75) is 6.54 Å². The van der Waals surface area contributed by atoms with Crippen LogP contribution in [0.15, 0.2) is 54.7 Å². The van der Waals surface area contributed by atoms with Gasteiger partial charge in [-0.2, -0.15) is 5.10 Å². The summed E-state index contributed by atoms with van der Waals surface area (Å²) in [6, 6.07) is 15.2. The van der Waals surface area contributed by atoms with Gasteiger partial charge < -0.3 is 19.8 Å². The number of imidazole rings is 1. The second-order valence-corrected chi connectivity index (χ2v) is 7.58. The number of fused-ring (bicyclic) bond motifs is 1. The molecule has 164 valence electrons. The largest absolute Gasteiger partial charge is 0.493 e. The maximum Gasteiger partial charge on any atom is 0.280 e. The average Bonchev–Trinajstić information content (AvgIpc) is 3.44. The number of hydrogen-bond donors (Lipinski definition) is 2. The van der Waals surface area contributed by atoms with Crippen LogP contribution in [0, 0.1) is 0 Å². The fourth-order valence-electron chi connectivity index (χ4n) is 3.75. The first-order valence-electron chi connectivity index (χ1n) is 10.5. The van der Waals surface area contributed by atoms with Gasteiger partial charge in [0.1, 0.15) is 5.82 Å². The third-order valence-electron chi connectivity index (χ3n) is 5.40. The third kappa shape index (κ3) is 4.20. The number of amides is 1. The highest BCUT2D eigenvalue weighted by Gasteiger charge is 2.19. The number of aromatic amines is 1. The van der Waals surface area contributed by atoms with Gasteiger partial charge in [-0.3, -0.25) is 9.69 Å². The van der Waals surface area contributed by atoms with Crippen LogP contribution in [0.25, 0.3) is 16.7 Å². The lowest BCUT2D eigenvalue weighted by Crippen LogP contribution is -2.35. The number of morpholine rings is 1. The SMILES string of the molecule is COc1cn(-c2ccccc2)nc1C(=O)Nc1ccc2nc(CN3CCOCC3)[nH]c2c1. The van der Waals surface area contributed by atoms with Crippen molar-refractivity contribution in [3.05, 3.63) is 66.2 Å². The number of aromatic nitrogens is 4. The number of rotatable bonds is 6. The Morgan fingerprint density at radius 3 is 2.78 bits per heavy atom. The number of H-pyrrole nitrogens is 1. The van der Waals surface area contributed by atoms with E-state index in [2.05, 4.69) is 25.3 Å². The molecule has 32 heavy (non-hydrogen) atoms. The Labute approximate surface area is 185 Å². The van der Waals surface area contributed by atoms with E-state index >= 15 is 0 Å². The van der Waals surface area contributed by atoms with E-state index in [-0.39, 0.29) is 11.6 Å². The summed E-state index contributed by atoms with van der Waals surface area (Å²) in [5.74, 6) is 0.958. The van der Waals surface area contributed by atoms with Crippen molar-refractivity contribution in [3.63, 3.8) is 0 Å². The Kier molecular flexibility index (Phi) is 5.57. The Balaban J connectivity index is 1.34. The molecule has 0 bridgehead atoms. The van der Waals surface area contributed by atoms with Crippen LogP contribution < -0.4 is 10.1 Å². The number of nitrogens with zero attached hydrogens (tertiary/aromatic N) is 4. The highest BCUT2D eigenvalue weighted by atomic mass is 16.5. The Hall–Kier alpha value is -3.69. The van der Waals surface area contributed by atoms with E-state index in [9.17, 15) is 4.79 Å². The van der Waals surface area contributed by atoms with Gasteiger partial charge in [-0.15, -0.1) is 0 Å². The standard InChI is InChI=1S/C23H24N6O3/c1-31-20-14-29(17-5-3-2-4-6-17)27-22(20)23(30)24-16-7-8-18-19(13-16)26-21(25-18)15-28-9-11-32-12-10-28/h2-8,13-14H,9-12,15H2,1H3,(H,24,30)(H,25,26). The number of carbonyl (C=O) groups is 1. The number of benzene rings is 2. The second kappa shape index (κ2) is 8.81. The maximum atomic E-state index is 12.9. The van der Waals surface area contributed by atoms with E-state index in [0.29, 0.717) is 11.4 Å². The smallest absolute Gasteiger partial charge is 0.280 e. The lowest BCUT2D eigenvalue weighted by Gasteiger charge is -2.25. The molecule has 4 aromatic rings. The molecule has 5 rings (SSSR count). The van der Waals surface area contributed by atoms with Gasteiger partial charge in [0.25, 0.3) is 5.91 Å². The summed E-state index contributed by atoms with van der Waals surface area (Å²) in [6.45, 7) is 4.04. The lowest BCUT2D eigenvalue weighted by atomic mass is 10.2. The molecule has 1 aliphatic heterocycles. The van der Waals surface area contributed by atoms with Gasteiger partial charge in [0.2, 0.25) is 0 Å². The highest BCUT2D eigenvalue weighted by Crippen LogP contribution is 2.23. The van der Waals surface area contributed by atoms with Crippen LogP contribution in [-0.2, 0) is 11.3 Å². The van der Waals surface area contributed by atoms with Crippen molar-refractivity contribution >= 4 is 22.6 Å². The number of methoxy groups -OCH3 is 1. The molecule has 1 saturated heterocycles. The molecule has 0 atom stereocenters. The maximum absolute atomic E-state index is 12.9. The van der Waals surface area contributed by atoms with Crippen molar-refractivity contribution in [1.82, 2.24) is 24.6 Å². The molecule has 9 heteroatoms. The lowest BCUT2D eigenvalue weighted by molar-refractivity contribution is 0.0332. The van der Waals surface area contributed by atoms with Crippen molar-refractivity contribution in [2.75, 3.05) is 38.7 Å². The number of hydrogen-bond acceptors (Lipinski definition) is 6. The van der Waals surface area contributed by atoms with Gasteiger partial charge in [-0.1, -0.05) is 18.2 Å². The number of ether oxygens (including phenoxy) is 2. The minimum atomic E-state index is -0.344. The molecular weight excluding hydrogens is 408 g/mol. The van der Waals surface area contributed by atoms with E-state index in [4.69, 9.17) is 9.47 Å². The van der Waals surface area contributed by atoms with Crippen molar-refractivity contribution in [1.29, 1.82) is 0 Å². The van der Waals surface area contributed by atoms with E-state index in [1.807, 2.05) is 48.5 Å². The monoisotopic (exact) mass is 432 g/mol. The molecule has 9 nitrogen and oxygen atoms in total. The Bertz CT molecular complexity index is 1230. The van der Waals surface area contributed by atoms with Crippen LogP contribution in [0.5, 0.6) is 5.75 Å². The summed E-state index contributed by atoms with van der Waals surface area (Å²) >= 11 is 0. The molecule has 0 unspecified atom stereocenters. The van der Waals surface area contributed by atoms with Crippen LogP contribution in [0.4, 0.5) is 5.69 Å². The van der Waals surface area contributed by atoms with Gasteiger partial charge in [0.05, 0.1) is 49.8 Å². The van der Waals surface area contributed by atoms with Crippen LogP contribution in [-0.4, -0.2) is 64.0 Å². The minimum Gasteiger partial charge on any atom is -0.493 e. The average molecular weight is 432 g/mol. The van der Waals surface area contributed by atoms with E-state index < -0.39 is 0 Å². The zero-order chi connectivity index (χ0) is 21.9. The summed E-state index contributed by atoms with van der Waals surface area (Å²) in [6.07, 6.45) is 1.69. The van der Waals surface area contributed by atoms with E-state index in [1.165, 1.54) is 7.11 Å². The number of anilines is 1. The molecule has 3 heterocycles. The minimum absolute atomic E-state index is 0.217. The zero-order valence-electron chi connectivity index (χ0n) is 17.7. The van der Waals surface area contributed by atoms with Crippen molar-refractivity contribution in [2.24, 2.45) is 0 Å². The molecule has 1 fully saturated rings. The first-order chi connectivity index (χ1) is 15.7. The summed E-state index contributed by atoms with van der Waals surface area (Å²) in [5, 5.41) is 7.33. The molecular formula is C23H24N6O3. The summed E-state index contributed by atoms with van der Waals surface area (Å²) in [4.78, 5) is 23.3. The Morgan fingerprint density at radius 1 is 1.19 bits per heavy atom. The summed E-state index contributed by atoms with van der Waals surface area (Å²) in [7, 11) is 1.52. The van der Waals surface area contributed by atoms with Gasteiger partial charge >= 0.3 is 0 Å². The van der Waals surface area contributed by atoms with Gasteiger partial charge in [-0.25, -0.2) is 9.67 Å². The predicted octanol–water partition coefficient (Wildman–Crippen LogP) is 2.84. The van der Waals surface area contributed by atoms with Crippen molar-refractivity contribution < 1.29 is 14.3 Å². The second-order valence-electron chi connectivity index (χ2n) is 7.58. The third-order valence-corrected chi connectivity index (χ3v) is 5.40. The number of para-hydroxylation sites is 1. The molecule has 2 N–H and O–H groups in total. The predicted molar refractivity (Wildman–Crippen MR) is 120 cm³/mol. The van der Waals surface area contributed by atoms with E-state index in [0.717, 1.165) is 55.4 Å². The van der Waals surface area contributed by atoms with Gasteiger partial charge in [0, 0.05) is 18.8 Å². The van der Waals surface area contributed by atoms with Crippen LogP contribution in [0.3, 0.4) is 0 Å². The van der Waals surface area contributed by atoms with Crippen LogP contribution in [0.1, 0.15) is 16.3 Å². The molecule has 1 amide bonds. The van der Waals surface area contributed by atoms with Crippen LogP contribution >= 0.6 is 0 Å². The normalized spacial score (nSPS) is 14.5. The highest BCUT2D eigenvalue weighted by molar-refractivity contribution is 6.05. The molecule has 0 saturated carbocycles. The van der Waals surface area contributed by atoms with Gasteiger partial charge in [0.15, 0.2) is 11.4 Å². The van der Waals surface area contributed by atoms with Crippen LogP contribution in [0.2, 0.25) is 0 Å². The zero-order valence-corrected chi connectivity index (χ0v) is 17.7. The first kappa shape index (κ1) is 20.2. The Morgan fingerprint density at radius 2 is 2.00 bits per heavy atom. The molecule has 0 aliphatic carbocycles. The molecule has 2 aromatic carbocycles. The molecule has 1 aliphatic rings. The summed E-state index contributed by atoms with van der Waals surface area (Å²) in [5.41, 5.74) is 3.44. The first-order valence-corrected chi connectivity index (χ1v) is 10.5. The molecule has 0 radical (unpaired) electrons. The topological polar surface area (TPSA) is 97.3 Å².